The molecule has 3 aromatic rings. The van der Waals surface area contributed by atoms with Crippen molar-refractivity contribution < 1.29 is 14.1 Å². The summed E-state index contributed by atoms with van der Waals surface area (Å²) in [5, 5.41) is 3.97. The van der Waals surface area contributed by atoms with E-state index in [1.807, 2.05) is 36.4 Å². The lowest BCUT2D eigenvalue weighted by Gasteiger charge is -2.14. The van der Waals surface area contributed by atoms with Gasteiger partial charge in [-0.1, -0.05) is 27.2 Å². The first-order valence-electron chi connectivity index (χ1n) is 7.55. The standard InChI is InChI=1S/C18H16BrN3O3/c1-22(18(23)13-4-3-5-14(19)10-13)11-16-20-17(21-25-16)12-6-8-15(24-2)9-7-12/h3-10H,11H2,1-2H3. The summed E-state index contributed by atoms with van der Waals surface area (Å²) < 4.78 is 11.2. The van der Waals surface area contributed by atoms with E-state index in [9.17, 15) is 4.79 Å². The smallest absolute Gasteiger partial charge is 0.254 e. The molecule has 0 aliphatic carbocycles. The molecule has 0 N–H and O–H groups in total. The SMILES string of the molecule is COc1ccc(-c2noc(CN(C)C(=O)c3cccc(Br)c3)n2)cc1. The van der Waals surface area contributed by atoms with Crippen molar-refractivity contribution in [3.63, 3.8) is 0 Å². The number of amides is 1. The third-order valence-corrected chi connectivity index (χ3v) is 4.10. The van der Waals surface area contributed by atoms with E-state index in [4.69, 9.17) is 9.26 Å². The second-order valence-electron chi connectivity index (χ2n) is 5.41. The molecule has 3 rings (SSSR count). The Morgan fingerprint density at radius 2 is 2.00 bits per heavy atom. The minimum Gasteiger partial charge on any atom is -0.497 e. The third-order valence-electron chi connectivity index (χ3n) is 3.61. The fourth-order valence-corrected chi connectivity index (χ4v) is 2.69. The first-order chi connectivity index (χ1) is 12.1. The van der Waals surface area contributed by atoms with Crippen molar-refractivity contribution in [2.75, 3.05) is 14.2 Å². The molecule has 6 nitrogen and oxygen atoms in total. The number of halogens is 1. The molecule has 25 heavy (non-hydrogen) atoms. The molecule has 2 aromatic carbocycles. The van der Waals surface area contributed by atoms with Gasteiger partial charge in [-0.25, -0.2) is 0 Å². The van der Waals surface area contributed by atoms with E-state index >= 15 is 0 Å². The fourth-order valence-electron chi connectivity index (χ4n) is 2.29. The number of aromatic nitrogens is 2. The third kappa shape index (κ3) is 4.06. The maximum atomic E-state index is 12.4. The van der Waals surface area contributed by atoms with Gasteiger partial charge < -0.3 is 14.2 Å². The van der Waals surface area contributed by atoms with E-state index in [1.54, 1.807) is 26.3 Å². The van der Waals surface area contributed by atoms with E-state index in [2.05, 4.69) is 26.1 Å². The maximum absolute atomic E-state index is 12.4. The van der Waals surface area contributed by atoms with Crippen LogP contribution in [-0.4, -0.2) is 35.1 Å². The Hall–Kier alpha value is -2.67. The van der Waals surface area contributed by atoms with Gasteiger partial charge in [-0.3, -0.25) is 4.79 Å². The molecule has 7 heteroatoms. The zero-order valence-electron chi connectivity index (χ0n) is 13.8. The molecule has 1 amide bonds. The number of carbonyl (C=O) groups is 1. The monoisotopic (exact) mass is 401 g/mol. The van der Waals surface area contributed by atoms with E-state index in [1.165, 1.54) is 4.90 Å². The lowest BCUT2D eigenvalue weighted by Crippen LogP contribution is -2.26. The molecule has 0 saturated carbocycles. The van der Waals surface area contributed by atoms with Gasteiger partial charge in [-0.05, 0) is 42.5 Å². The molecule has 0 aliphatic rings. The maximum Gasteiger partial charge on any atom is 0.254 e. The Kier molecular flexibility index (Phi) is 5.14. The fraction of sp³-hybridized carbons (Fsp3) is 0.167. The summed E-state index contributed by atoms with van der Waals surface area (Å²) in [4.78, 5) is 18.3. The first-order valence-corrected chi connectivity index (χ1v) is 8.34. The Balaban J connectivity index is 1.71. The van der Waals surface area contributed by atoms with Gasteiger partial charge in [-0.15, -0.1) is 0 Å². The zero-order valence-corrected chi connectivity index (χ0v) is 15.4. The molecule has 0 saturated heterocycles. The van der Waals surface area contributed by atoms with Crippen molar-refractivity contribution in [3.05, 3.63) is 64.5 Å². The van der Waals surface area contributed by atoms with Crippen LogP contribution in [0.15, 0.2) is 57.5 Å². The van der Waals surface area contributed by atoms with E-state index in [-0.39, 0.29) is 12.5 Å². The van der Waals surface area contributed by atoms with E-state index < -0.39 is 0 Å². The molecule has 0 bridgehead atoms. The topological polar surface area (TPSA) is 68.5 Å². The number of carbonyl (C=O) groups excluding carboxylic acids is 1. The van der Waals surface area contributed by atoms with Crippen LogP contribution in [0.5, 0.6) is 5.75 Å². The highest BCUT2D eigenvalue weighted by Gasteiger charge is 2.16. The van der Waals surface area contributed by atoms with Crippen molar-refractivity contribution >= 4 is 21.8 Å². The summed E-state index contributed by atoms with van der Waals surface area (Å²) in [7, 11) is 3.31. The molecule has 1 heterocycles. The quantitative estimate of drug-likeness (QED) is 0.650. The molecule has 0 aliphatic heterocycles. The summed E-state index contributed by atoms with van der Waals surface area (Å²) in [6, 6.07) is 14.6. The van der Waals surface area contributed by atoms with Gasteiger partial charge in [0.05, 0.1) is 13.7 Å². The van der Waals surface area contributed by atoms with Gasteiger partial charge in [0, 0.05) is 22.6 Å². The lowest BCUT2D eigenvalue weighted by atomic mass is 10.2. The van der Waals surface area contributed by atoms with Crippen LogP contribution in [-0.2, 0) is 6.54 Å². The van der Waals surface area contributed by atoms with Crippen LogP contribution in [0.2, 0.25) is 0 Å². The molecule has 0 radical (unpaired) electrons. The second-order valence-corrected chi connectivity index (χ2v) is 6.33. The Labute approximate surface area is 153 Å². The molecule has 128 valence electrons. The van der Waals surface area contributed by atoms with Crippen molar-refractivity contribution in [2.45, 2.75) is 6.54 Å². The molecule has 0 unspecified atom stereocenters. The van der Waals surface area contributed by atoms with Gasteiger partial charge >= 0.3 is 0 Å². The minimum atomic E-state index is -0.120. The van der Waals surface area contributed by atoms with Gasteiger partial charge in [-0.2, -0.15) is 4.98 Å². The number of benzene rings is 2. The van der Waals surface area contributed by atoms with Crippen molar-refractivity contribution in [1.29, 1.82) is 0 Å². The number of hydrogen-bond acceptors (Lipinski definition) is 5. The van der Waals surface area contributed by atoms with Gasteiger partial charge in [0.2, 0.25) is 11.7 Å². The van der Waals surface area contributed by atoms with Crippen LogP contribution in [0.3, 0.4) is 0 Å². The van der Waals surface area contributed by atoms with Crippen LogP contribution < -0.4 is 4.74 Å². The largest absolute Gasteiger partial charge is 0.497 e. The second kappa shape index (κ2) is 7.48. The summed E-state index contributed by atoms with van der Waals surface area (Å²) in [6.07, 6.45) is 0. The van der Waals surface area contributed by atoms with Crippen LogP contribution >= 0.6 is 15.9 Å². The highest BCUT2D eigenvalue weighted by atomic mass is 79.9. The van der Waals surface area contributed by atoms with E-state index in [0.29, 0.717) is 17.3 Å². The summed E-state index contributed by atoms with van der Waals surface area (Å²) >= 11 is 3.37. The van der Waals surface area contributed by atoms with Crippen molar-refractivity contribution in [1.82, 2.24) is 15.0 Å². The molecular weight excluding hydrogens is 386 g/mol. The Morgan fingerprint density at radius 3 is 2.68 bits per heavy atom. The number of rotatable bonds is 5. The lowest BCUT2D eigenvalue weighted by molar-refractivity contribution is 0.0769. The van der Waals surface area contributed by atoms with Crippen molar-refractivity contribution in [2.24, 2.45) is 0 Å². The van der Waals surface area contributed by atoms with Gasteiger partial charge in [0.1, 0.15) is 5.75 Å². The predicted molar refractivity (Wildman–Crippen MR) is 96.2 cm³/mol. The molecule has 1 aromatic heterocycles. The number of methoxy groups -OCH3 is 1. The Morgan fingerprint density at radius 1 is 1.24 bits per heavy atom. The average molecular weight is 402 g/mol. The molecule has 0 fully saturated rings. The zero-order chi connectivity index (χ0) is 17.8. The number of hydrogen-bond donors (Lipinski definition) is 0. The van der Waals surface area contributed by atoms with Crippen LogP contribution in [0.1, 0.15) is 16.2 Å². The van der Waals surface area contributed by atoms with Crippen LogP contribution in [0, 0.1) is 0 Å². The van der Waals surface area contributed by atoms with Crippen molar-refractivity contribution in [3.8, 4) is 17.1 Å². The summed E-state index contributed by atoms with van der Waals surface area (Å²) in [5.41, 5.74) is 1.41. The first kappa shape index (κ1) is 17.2. The predicted octanol–water partition coefficient (Wildman–Crippen LogP) is 3.78. The van der Waals surface area contributed by atoms with Crippen LogP contribution in [0.25, 0.3) is 11.4 Å². The number of ether oxygens (including phenoxy) is 1. The summed E-state index contributed by atoms with van der Waals surface area (Å²) in [6.45, 7) is 0.231. The molecule has 0 spiro atoms. The Bertz CT molecular complexity index is 877. The average Bonchev–Trinajstić information content (AvgIpc) is 3.09. The molecule has 0 atom stereocenters. The highest BCUT2D eigenvalue weighted by Crippen LogP contribution is 2.20. The van der Waals surface area contributed by atoms with E-state index in [0.717, 1.165) is 15.8 Å². The molecular formula is C18H16BrN3O3. The normalized spacial score (nSPS) is 10.5. The van der Waals surface area contributed by atoms with Gasteiger partial charge in [0.25, 0.3) is 5.91 Å². The van der Waals surface area contributed by atoms with Crippen LogP contribution in [0.4, 0.5) is 0 Å². The van der Waals surface area contributed by atoms with Gasteiger partial charge in [0.15, 0.2) is 0 Å². The number of nitrogens with zero attached hydrogens (tertiary/aromatic N) is 3. The minimum absolute atomic E-state index is 0.120. The summed E-state index contributed by atoms with van der Waals surface area (Å²) in [5.74, 6) is 1.48. The highest BCUT2D eigenvalue weighted by molar-refractivity contribution is 9.10.